The van der Waals surface area contributed by atoms with Crippen LogP contribution >= 0.6 is 11.8 Å². The average Bonchev–Trinajstić information content (AvgIpc) is 2.95. The van der Waals surface area contributed by atoms with Crippen molar-refractivity contribution in [2.75, 3.05) is 18.1 Å². The first-order valence-corrected chi connectivity index (χ1v) is 9.34. The lowest BCUT2D eigenvalue weighted by Crippen LogP contribution is -2.43. The van der Waals surface area contributed by atoms with Crippen molar-refractivity contribution in [1.82, 2.24) is 0 Å². The van der Waals surface area contributed by atoms with Gasteiger partial charge in [0.1, 0.15) is 11.9 Å². The monoisotopic (exact) mass is 306 g/mol. The van der Waals surface area contributed by atoms with E-state index in [1.54, 1.807) is 0 Å². The maximum absolute atomic E-state index is 6.22. The van der Waals surface area contributed by atoms with E-state index in [0.29, 0.717) is 12.0 Å². The smallest absolute Gasteiger partial charge is 0.119 e. The summed E-state index contributed by atoms with van der Waals surface area (Å²) in [7, 11) is 0. The Kier molecular flexibility index (Phi) is 4.80. The van der Waals surface area contributed by atoms with Gasteiger partial charge in [-0.05, 0) is 42.2 Å². The summed E-state index contributed by atoms with van der Waals surface area (Å²) < 4.78 is 12.3. The van der Waals surface area contributed by atoms with Gasteiger partial charge in [-0.15, -0.1) is 0 Å². The zero-order valence-corrected chi connectivity index (χ0v) is 14.0. The molecule has 1 aromatic rings. The van der Waals surface area contributed by atoms with Crippen LogP contribution in [0.25, 0.3) is 0 Å². The molecule has 2 aliphatic heterocycles. The molecule has 1 spiro atoms. The van der Waals surface area contributed by atoms with Crippen LogP contribution in [0.15, 0.2) is 24.3 Å². The van der Waals surface area contributed by atoms with Crippen molar-refractivity contribution in [3.8, 4) is 5.75 Å². The van der Waals surface area contributed by atoms with Crippen molar-refractivity contribution >= 4 is 11.8 Å². The molecule has 2 nitrogen and oxygen atoms in total. The first-order valence-electron chi connectivity index (χ1n) is 8.19. The third kappa shape index (κ3) is 3.57. The van der Waals surface area contributed by atoms with E-state index in [9.17, 15) is 0 Å². The van der Waals surface area contributed by atoms with Crippen molar-refractivity contribution in [2.45, 2.75) is 57.2 Å². The molecule has 0 aliphatic carbocycles. The number of thioether (sulfide) groups is 1. The SMILES string of the molecule is CCC(C)c1ccc(OC2CCOC3(CCSC3)C2)cc1. The lowest BCUT2D eigenvalue weighted by molar-refractivity contribution is -0.0958. The van der Waals surface area contributed by atoms with E-state index >= 15 is 0 Å². The van der Waals surface area contributed by atoms with Crippen LogP contribution in [0.4, 0.5) is 0 Å². The summed E-state index contributed by atoms with van der Waals surface area (Å²) in [4.78, 5) is 0. The molecule has 116 valence electrons. The van der Waals surface area contributed by atoms with E-state index in [4.69, 9.17) is 9.47 Å². The zero-order valence-electron chi connectivity index (χ0n) is 13.1. The second-order valence-corrected chi connectivity index (χ2v) is 7.55. The summed E-state index contributed by atoms with van der Waals surface area (Å²) in [6.07, 6.45) is 4.74. The number of benzene rings is 1. The summed E-state index contributed by atoms with van der Waals surface area (Å²) in [5.74, 6) is 4.01. The normalized spacial score (nSPS) is 30.5. The molecule has 3 atom stereocenters. The minimum Gasteiger partial charge on any atom is -0.490 e. The van der Waals surface area contributed by atoms with Gasteiger partial charge in [-0.3, -0.25) is 0 Å². The first-order chi connectivity index (χ1) is 10.2. The van der Waals surface area contributed by atoms with Gasteiger partial charge >= 0.3 is 0 Å². The lowest BCUT2D eigenvalue weighted by Gasteiger charge is -2.37. The summed E-state index contributed by atoms with van der Waals surface area (Å²) in [5, 5.41) is 0. The Morgan fingerprint density at radius 3 is 2.86 bits per heavy atom. The molecule has 1 aromatic carbocycles. The Labute approximate surface area is 132 Å². The molecule has 2 aliphatic rings. The van der Waals surface area contributed by atoms with Crippen molar-refractivity contribution in [3.63, 3.8) is 0 Å². The zero-order chi connectivity index (χ0) is 14.7. The molecule has 0 amide bonds. The van der Waals surface area contributed by atoms with Crippen LogP contribution in [0.1, 0.15) is 51.0 Å². The number of rotatable bonds is 4. The number of hydrogen-bond acceptors (Lipinski definition) is 3. The lowest BCUT2D eigenvalue weighted by atomic mass is 9.91. The van der Waals surface area contributed by atoms with Crippen LogP contribution in [0.3, 0.4) is 0 Å². The second kappa shape index (κ2) is 6.62. The molecule has 0 bridgehead atoms. The number of ether oxygens (including phenoxy) is 2. The summed E-state index contributed by atoms with van der Waals surface area (Å²) in [5.41, 5.74) is 1.50. The molecule has 3 rings (SSSR count). The minimum atomic E-state index is 0.101. The first kappa shape index (κ1) is 15.2. The van der Waals surface area contributed by atoms with Crippen molar-refractivity contribution < 1.29 is 9.47 Å². The largest absolute Gasteiger partial charge is 0.490 e. The van der Waals surface area contributed by atoms with Crippen LogP contribution < -0.4 is 4.74 Å². The van der Waals surface area contributed by atoms with Crippen molar-refractivity contribution in [3.05, 3.63) is 29.8 Å². The Bertz CT molecular complexity index is 451. The standard InChI is InChI=1S/C18H26O2S/c1-3-14(2)15-4-6-16(7-5-15)20-17-8-10-19-18(12-17)9-11-21-13-18/h4-7,14,17H,3,8-13H2,1-2H3. The van der Waals surface area contributed by atoms with E-state index < -0.39 is 0 Å². The molecular formula is C18H26O2S. The van der Waals surface area contributed by atoms with Gasteiger partial charge in [-0.1, -0.05) is 26.0 Å². The van der Waals surface area contributed by atoms with E-state index in [2.05, 4.69) is 38.1 Å². The maximum Gasteiger partial charge on any atom is 0.119 e. The average molecular weight is 306 g/mol. The predicted octanol–water partition coefficient (Wildman–Crippen LogP) is 4.63. The fourth-order valence-electron chi connectivity index (χ4n) is 3.25. The van der Waals surface area contributed by atoms with Gasteiger partial charge in [0.2, 0.25) is 0 Å². The Balaban J connectivity index is 1.60. The van der Waals surface area contributed by atoms with E-state index in [-0.39, 0.29) is 5.60 Å². The van der Waals surface area contributed by atoms with Crippen LogP contribution in [-0.4, -0.2) is 29.8 Å². The molecule has 0 aromatic heterocycles. The molecule has 21 heavy (non-hydrogen) atoms. The highest BCUT2D eigenvalue weighted by Gasteiger charge is 2.41. The molecule has 2 fully saturated rings. The topological polar surface area (TPSA) is 18.5 Å². The summed E-state index contributed by atoms with van der Waals surface area (Å²) in [6.45, 7) is 5.35. The van der Waals surface area contributed by atoms with Gasteiger partial charge in [0.05, 0.1) is 12.2 Å². The highest BCUT2D eigenvalue weighted by molar-refractivity contribution is 7.99. The van der Waals surface area contributed by atoms with Gasteiger partial charge in [0.15, 0.2) is 0 Å². The maximum atomic E-state index is 6.22. The number of hydrogen-bond donors (Lipinski definition) is 0. The summed E-state index contributed by atoms with van der Waals surface area (Å²) >= 11 is 2.01. The molecule has 2 heterocycles. The van der Waals surface area contributed by atoms with Crippen LogP contribution in [-0.2, 0) is 4.74 Å². The van der Waals surface area contributed by atoms with Gasteiger partial charge in [0.25, 0.3) is 0 Å². The molecule has 0 saturated carbocycles. The minimum absolute atomic E-state index is 0.101. The molecule has 3 unspecified atom stereocenters. The molecule has 0 N–H and O–H groups in total. The Morgan fingerprint density at radius 1 is 1.38 bits per heavy atom. The Hall–Kier alpha value is -0.670. The van der Waals surface area contributed by atoms with Crippen molar-refractivity contribution in [1.29, 1.82) is 0 Å². The molecule has 3 heteroatoms. The van der Waals surface area contributed by atoms with E-state index in [1.165, 1.54) is 24.2 Å². The molecule has 0 radical (unpaired) electrons. The van der Waals surface area contributed by atoms with E-state index in [0.717, 1.165) is 31.0 Å². The van der Waals surface area contributed by atoms with Gasteiger partial charge in [-0.2, -0.15) is 11.8 Å². The quantitative estimate of drug-likeness (QED) is 0.808. The third-order valence-electron chi connectivity index (χ3n) is 4.88. The van der Waals surface area contributed by atoms with Gasteiger partial charge in [0, 0.05) is 18.6 Å². The van der Waals surface area contributed by atoms with Crippen LogP contribution in [0, 0.1) is 0 Å². The highest BCUT2D eigenvalue weighted by Crippen LogP contribution is 2.39. The highest BCUT2D eigenvalue weighted by atomic mass is 32.2. The summed E-state index contributed by atoms with van der Waals surface area (Å²) in [6, 6.07) is 8.69. The fraction of sp³-hybridized carbons (Fsp3) is 0.667. The van der Waals surface area contributed by atoms with Crippen LogP contribution in [0.2, 0.25) is 0 Å². The van der Waals surface area contributed by atoms with Gasteiger partial charge < -0.3 is 9.47 Å². The van der Waals surface area contributed by atoms with Crippen LogP contribution in [0.5, 0.6) is 5.75 Å². The predicted molar refractivity (Wildman–Crippen MR) is 89.4 cm³/mol. The van der Waals surface area contributed by atoms with Gasteiger partial charge in [-0.25, -0.2) is 0 Å². The Morgan fingerprint density at radius 2 is 2.19 bits per heavy atom. The van der Waals surface area contributed by atoms with Crippen molar-refractivity contribution in [2.24, 2.45) is 0 Å². The molecular weight excluding hydrogens is 280 g/mol. The fourth-order valence-corrected chi connectivity index (χ4v) is 4.63. The van der Waals surface area contributed by atoms with E-state index in [1.807, 2.05) is 11.8 Å². The molecule has 2 saturated heterocycles. The third-order valence-corrected chi connectivity index (χ3v) is 6.10. The second-order valence-electron chi connectivity index (χ2n) is 6.45.